The van der Waals surface area contributed by atoms with Gasteiger partial charge in [0, 0.05) is 16.1 Å². The summed E-state index contributed by atoms with van der Waals surface area (Å²) in [7, 11) is 0. The van der Waals surface area contributed by atoms with Crippen molar-refractivity contribution in [3.05, 3.63) is 62.6 Å². The molecular weight excluding hydrogens is 355 g/mol. The normalized spacial score (nSPS) is 11.0. The fourth-order valence-corrected chi connectivity index (χ4v) is 2.17. The molecule has 2 aromatic carbocycles. The molecule has 0 heterocycles. The zero-order valence-corrected chi connectivity index (χ0v) is 14.4. The number of nitrogens with zero attached hydrogens (tertiary/aromatic N) is 1. The average molecular weight is 369 g/mol. The molecule has 0 aliphatic heterocycles. The highest BCUT2D eigenvalue weighted by Crippen LogP contribution is 2.29. The SMILES string of the molecule is CC(C)(Oc1ccc(Cl)cc1)C(=O)Nc1ccc(Cl)cc1[N+](=O)[O-]. The van der Waals surface area contributed by atoms with Gasteiger partial charge in [-0.05, 0) is 50.2 Å². The Morgan fingerprint density at radius 1 is 1.12 bits per heavy atom. The van der Waals surface area contributed by atoms with Gasteiger partial charge in [-0.3, -0.25) is 14.9 Å². The zero-order valence-electron chi connectivity index (χ0n) is 12.9. The van der Waals surface area contributed by atoms with E-state index in [0.717, 1.165) is 0 Å². The number of benzene rings is 2. The quantitative estimate of drug-likeness (QED) is 0.612. The Morgan fingerprint density at radius 2 is 1.71 bits per heavy atom. The Hall–Kier alpha value is -2.31. The standard InChI is InChI=1S/C16H14Cl2N2O4/c1-16(2,24-12-6-3-10(17)4-7-12)15(21)19-13-8-5-11(18)9-14(13)20(22)23/h3-9H,1-2H3,(H,19,21). The summed E-state index contributed by atoms with van der Waals surface area (Å²) in [4.78, 5) is 22.9. The lowest BCUT2D eigenvalue weighted by atomic mass is 10.1. The molecule has 1 N–H and O–H groups in total. The number of ether oxygens (including phenoxy) is 1. The Morgan fingerprint density at radius 3 is 2.29 bits per heavy atom. The number of carbonyl (C=O) groups excluding carboxylic acids is 1. The Balaban J connectivity index is 2.19. The van der Waals surface area contributed by atoms with E-state index in [4.69, 9.17) is 27.9 Å². The van der Waals surface area contributed by atoms with E-state index in [1.807, 2.05) is 0 Å². The van der Waals surface area contributed by atoms with E-state index in [1.165, 1.54) is 18.2 Å². The van der Waals surface area contributed by atoms with E-state index in [2.05, 4.69) is 5.32 Å². The second kappa shape index (κ2) is 7.07. The fraction of sp³-hybridized carbons (Fsp3) is 0.188. The van der Waals surface area contributed by atoms with Crippen LogP contribution >= 0.6 is 23.2 Å². The number of nitro groups is 1. The van der Waals surface area contributed by atoms with Crippen molar-refractivity contribution in [1.29, 1.82) is 0 Å². The number of hydrogen-bond acceptors (Lipinski definition) is 4. The minimum Gasteiger partial charge on any atom is -0.478 e. The van der Waals surface area contributed by atoms with Gasteiger partial charge in [0.15, 0.2) is 5.60 Å². The first-order valence-corrected chi connectivity index (χ1v) is 7.64. The summed E-state index contributed by atoms with van der Waals surface area (Å²) < 4.78 is 5.65. The summed E-state index contributed by atoms with van der Waals surface area (Å²) in [6.45, 7) is 3.11. The van der Waals surface area contributed by atoms with Crippen LogP contribution in [0.25, 0.3) is 0 Å². The van der Waals surface area contributed by atoms with Crippen LogP contribution in [0.4, 0.5) is 11.4 Å². The number of anilines is 1. The Labute approximate surface area is 148 Å². The molecule has 1 amide bonds. The summed E-state index contributed by atoms with van der Waals surface area (Å²) >= 11 is 11.6. The second-order valence-electron chi connectivity index (χ2n) is 5.44. The maximum atomic E-state index is 12.4. The highest BCUT2D eigenvalue weighted by molar-refractivity contribution is 6.31. The van der Waals surface area contributed by atoms with Crippen LogP contribution in [-0.2, 0) is 4.79 Å². The molecule has 0 aliphatic rings. The molecule has 0 unspecified atom stereocenters. The van der Waals surface area contributed by atoms with Gasteiger partial charge in [-0.15, -0.1) is 0 Å². The molecule has 0 fully saturated rings. The van der Waals surface area contributed by atoms with Gasteiger partial charge in [-0.1, -0.05) is 23.2 Å². The predicted octanol–water partition coefficient (Wildman–Crippen LogP) is 4.70. The zero-order chi connectivity index (χ0) is 17.9. The maximum Gasteiger partial charge on any atom is 0.294 e. The molecule has 0 atom stereocenters. The third kappa shape index (κ3) is 4.37. The summed E-state index contributed by atoms with van der Waals surface area (Å²) in [6, 6.07) is 10.5. The fourth-order valence-electron chi connectivity index (χ4n) is 1.88. The largest absolute Gasteiger partial charge is 0.478 e. The van der Waals surface area contributed by atoms with Crippen LogP contribution in [0.2, 0.25) is 10.0 Å². The first-order valence-electron chi connectivity index (χ1n) is 6.89. The maximum absolute atomic E-state index is 12.4. The lowest BCUT2D eigenvalue weighted by Gasteiger charge is -2.25. The smallest absolute Gasteiger partial charge is 0.294 e. The molecule has 0 aromatic heterocycles. The van der Waals surface area contributed by atoms with Gasteiger partial charge in [0.05, 0.1) is 4.92 Å². The number of halogens is 2. The molecule has 126 valence electrons. The van der Waals surface area contributed by atoms with E-state index in [0.29, 0.717) is 10.8 Å². The van der Waals surface area contributed by atoms with Crippen LogP contribution in [0.3, 0.4) is 0 Å². The van der Waals surface area contributed by atoms with Gasteiger partial charge >= 0.3 is 0 Å². The minimum absolute atomic E-state index is 0.0437. The number of carbonyl (C=O) groups is 1. The number of rotatable bonds is 5. The van der Waals surface area contributed by atoms with E-state index in [1.54, 1.807) is 38.1 Å². The predicted molar refractivity (Wildman–Crippen MR) is 92.9 cm³/mol. The van der Waals surface area contributed by atoms with Crippen LogP contribution < -0.4 is 10.1 Å². The van der Waals surface area contributed by atoms with Gasteiger partial charge in [0.2, 0.25) is 0 Å². The number of nitrogens with one attached hydrogen (secondary N) is 1. The Kier molecular flexibility index (Phi) is 5.31. The first-order chi connectivity index (χ1) is 11.2. The molecule has 24 heavy (non-hydrogen) atoms. The van der Waals surface area contributed by atoms with Crippen molar-refractivity contribution < 1.29 is 14.5 Å². The van der Waals surface area contributed by atoms with E-state index < -0.39 is 16.4 Å². The lowest BCUT2D eigenvalue weighted by Crippen LogP contribution is -2.42. The van der Waals surface area contributed by atoms with Gasteiger partial charge in [-0.25, -0.2) is 0 Å². The van der Waals surface area contributed by atoms with Gasteiger partial charge < -0.3 is 10.1 Å². The third-order valence-electron chi connectivity index (χ3n) is 3.14. The lowest BCUT2D eigenvalue weighted by molar-refractivity contribution is -0.383. The molecule has 2 rings (SSSR count). The van der Waals surface area contributed by atoms with Crippen molar-refractivity contribution >= 4 is 40.5 Å². The monoisotopic (exact) mass is 368 g/mol. The molecule has 0 bridgehead atoms. The summed E-state index contributed by atoms with van der Waals surface area (Å²) in [5.74, 6) is -0.0898. The van der Waals surface area contributed by atoms with Gasteiger partial charge in [0.25, 0.3) is 11.6 Å². The van der Waals surface area contributed by atoms with E-state index in [9.17, 15) is 14.9 Å². The number of hydrogen-bond donors (Lipinski definition) is 1. The van der Waals surface area contributed by atoms with Crippen molar-refractivity contribution in [3.8, 4) is 5.75 Å². The highest BCUT2D eigenvalue weighted by atomic mass is 35.5. The molecule has 6 nitrogen and oxygen atoms in total. The van der Waals surface area contributed by atoms with Crippen LogP contribution in [0.5, 0.6) is 5.75 Å². The van der Waals surface area contributed by atoms with Gasteiger partial charge in [0.1, 0.15) is 11.4 Å². The average Bonchev–Trinajstić information content (AvgIpc) is 2.50. The van der Waals surface area contributed by atoms with Crippen molar-refractivity contribution in [2.45, 2.75) is 19.4 Å². The molecule has 0 aliphatic carbocycles. The summed E-state index contributed by atoms with van der Waals surface area (Å²) in [5.41, 5.74) is -1.51. The van der Waals surface area contributed by atoms with Crippen LogP contribution in [-0.4, -0.2) is 16.4 Å². The summed E-state index contributed by atoms with van der Waals surface area (Å²) in [6.07, 6.45) is 0. The number of nitro benzene ring substituents is 1. The molecule has 8 heteroatoms. The second-order valence-corrected chi connectivity index (χ2v) is 6.31. The van der Waals surface area contributed by atoms with Gasteiger partial charge in [-0.2, -0.15) is 0 Å². The molecule has 0 saturated carbocycles. The van der Waals surface area contributed by atoms with E-state index in [-0.39, 0.29) is 16.4 Å². The van der Waals surface area contributed by atoms with E-state index >= 15 is 0 Å². The molecule has 0 saturated heterocycles. The molecule has 0 radical (unpaired) electrons. The Bertz CT molecular complexity index is 776. The van der Waals surface area contributed by atoms with Crippen LogP contribution in [0.15, 0.2) is 42.5 Å². The molecular formula is C16H14Cl2N2O4. The minimum atomic E-state index is -1.26. The molecule has 0 spiro atoms. The topological polar surface area (TPSA) is 81.5 Å². The third-order valence-corrected chi connectivity index (χ3v) is 3.63. The van der Waals surface area contributed by atoms with Crippen molar-refractivity contribution in [2.75, 3.05) is 5.32 Å². The van der Waals surface area contributed by atoms with Crippen LogP contribution in [0, 0.1) is 10.1 Å². The number of amides is 1. The molecule has 2 aromatic rings. The summed E-state index contributed by atoms with van der Waals surface area (Å²) in [5, 5.41) is 14.3. The van der Waals surface area contributed by atoms with Crippen molar-refractivity contribution in [2.24, 2.45) is 0 Å². The van der Waals surface area contributed by atoms with Crippen molar-refractivity contribution in [3.63, 3.8) is 0 Å². The highest BCUT2D eigenvalue weighted by Gasteiger charge is 2.31. The first kappa shape index (κ1) is 18.0. The van der Waals surface area contributed by atoms with Crippen LogP contribution in [0.1, 0.15) is 13.8 Å². The van der Waals surface area contributed by atoms with Crippen molar-refractivity contribution in [1.82, 2.24) is 0 Å².